The van der Waals surface area contributed by atoms with Gasteiger partial charge in [0.05, 0.1) is 11.6 Å². The number of benzene rings is 1. The molecule has 0 spiro atoms. The topological polar surface area (TPSA) is 35.8 Å². The van der Waals surface area contributed by atoms with Gasteiger partial charge < -0.3 is 5.32 Å². The molecule has 0 saturated heterocycles. The van der Waals surface area contributed by atoms with Crippen molar-refractivity contribution in [3.63, 3.8) is 0 Å². The number of hydrogen-bond acceptors (Lipinski definition) is 2. The van der Waals surface area contributed by atoms with E-state index in [0.717, 1.165) is 18.7 Å². The zero-order valence-electron chi connectivity index (χ0n) is 11.4. The normalized spacial score (nSPS) is 10.2. The molecule has 1 rings (SSSR count). The first-order valence-electron chi connectivity index (χ1n) is 7.06. The molecule has 98 valence electrons. The highest BCUT2D eigenvalue weighted by atomic mass is 14.8. The van der Waals surface area contributed by atoms with Crippen molar-refractivity contribution in [2.45, 2.75) is 52.0 Å². The predicted octanol–water partition coefficient (Wildman–Crippen LogP) is 4.01. The Labute approximate surface area is 111 Å². The van der Waals surface area contributed by atoms with Crippen LogP contribution < -0.4 is 5.32 Å². The number of hydrogen-bond donors (Lipinski definition) is 1. The molecule has 0 fully saturated rings. The van der Waals surface area contributed by atoms with Gasteiger partial charge in [-0.2, -0.15) is 5.26 Å². The largest absolute Gasteiger partial charge is 0.313 e. The van der Waals surface area contributed by atoms with Crippen molar-refractivity contribution in [1.29, 1.82) is 5.26 Å². The van der Waals surface area contributed by atoms with E-state index >= 15 is 0 Å². The fourth-order valence-corrected chi connectivity index (χ4v) is 2.01. The third kappa shape index (κ3) is 6.42. The van der Waals surface area contributed by atoms with Gasteiger partial charge in [-0.1, -0.05) is 51.2 Å². The summed E-state index contributed by atoms with van der Waals surface area (Å²) in [4.78, 5) is 0. The summed E-state index contributed by atoms with van der Waals surface area (Å²) in [7, 11) is 0. The molecule has 2 heteroatoms. The Morgan fingerprint density at radius 3 is 2.67 bits per heavy atom. The maximum absolute atomic E-state index is 8.80. The second-order valence-corrected chi connectivity index (χ2v) is 4.76. The van der Waals surface area contributed by atoms with E-state index in [9.17, 15) is 0 Å². The van der Waals surface area contributed by atoms with Crippen LogP contribution in [0.25, 0.3) is 0 Å². The number of nitrogens with one attached hydrogen (secondary N) is 1. The number of nitrogens with zero attached hydrogens (tertiary/aromatic N) is 1. The molecule has 18 heavy (non-hydrogen) atoms. The van der Waals surface area contributed by atoms with Crippen LogP contribution in [0.15, 0.2) is 24.3 Å². The highest BCUT2D eigenvalue weighted by Gasteiger charge is 1.95. The highest BCUT2D eigenvalue weighted by molar-refractivity contribution is 5.32. The van der Waals surface area contributed by atoms with Crippen LogP contribution >= 0.6 is 0 Å². The van der Waals surface area contributed by atoms with Crippen LogP contribution in [0.1, 0.15) is 56.6 Å². The molecule has 0 radical (unpaired) electrons. The second-order valence-electron chi connectivity index (χ2n) is 4.76. The van der Waals surface area contributed by atoms with Crippen molar-refractivity contribution in [3.8, 4) is 6.07 Å². The van der Waals surface area contributed by atoms with Crippen molar-refractivity contribution >= 4 is 0 Å². The molecule has 0 aromatic heterocycles. The molecule has 1 aromatic carbocycles. The predicted molar refractivity (Wildman–Crippen MR) is 76.2 cm³/mol. The molecule has 0 atom stereocenters. The fraction of sp³-hybridized carbons (Fsp3) is 0.562. The lowest BCUT2D eigenvalue weighted by molar-refractivity contribution is 0.572. The zero-order valence-corrected chi connectivity index (χ0v) is 11.4. The van der Waals surface area contributed by atoms with Gasteiger partial charge >= 0.3 is 0 Å². The summed E-state index contributed by atoms with van der Waals surface area (Å²) < 4.78 is 0. The summed E-state index contributed by atoms with van der Waals surface area (Å²) in [6, 6.07) is 9.98. The van der Waals surface area contributed by atoms with Crippen LogP contribution in [0.3, 0.4) is 0 Å². The van der Waals surface area contributed by atoms with Gasteiger partial charge in [0, 0.05) is 6.54 Å². The smallest absolute Gasteiger partial charge is 0.0991 e. The number of nitriles is 1. The molecule has 0 heterocycles. The van der Waals surface area contributed by atoms with Crippen molar-refractivity contribution < 1.29 is 0 Å². The van der Waals surface area contributed by atoms with Crippen LogP contribution in [-0.2, 0) is 6.54 Å². The zero-order chi connectivity index (χ0) is 13.1. The minimum Gasteiger partial charge on any atom is -0.313 e. The second kappa shape index (κ2) is 9.67. The maximum Gasteiger partial charge on any atom is 0.0991 e. The van der Waals surface area contributed by atoms with E-state index in [-0.39, 0.29) is 0 Å². The highest BCUT2D eigenvalue weighted by Crippen LogP contribution is 2.05. The minimum atomic E-state index is 0.744. The maximum atomic E-state index is 8.80. The average Bonchev–Trinajstić information content (AvgIpc) is 2.42. The van der Waals surface area contributed by atoms with Gasteiger partial charge in [-0.25, -0.2) is 0 Å². The van der Waals surface area contributed by atoms with Crippen LogP contribution in [0.5, 0.6) is 0 Å². The van der Waals surface area contributed by atoms with Gasteiger partial charge in [0.25, 0.3) is 0 Å². The molecule has 0 aliphatic heterocycles. The van der Waals surface area contributed by atoms with E-state index in [2.05, 4.69) is 24.4 Å². The van der Waals surface area contributed by atoms with E-state index < -0.39 is 0 Å². The lowest BCUT2D eigenvalue weighted by atomic mass is 10.1. The monoisotopic (exact) mass is 244 g/mol. The summed E-state index contributed by atoms with van der Waals surface area (Å²) in [5.41, 5.74) is 1.94. The third-order valence-corrected chi connectivity index (χ3v) is 3.09. The molecule has 2 nitrogen and oxygen atoms in total. The van der Waals surface area contributed by atoms with Crippen LogP contribution in [0.4, 0.5) is 0 Å². The molecule has 0 unspecified atom stereocenters. The van der Waals surface area contributed by atoms with Gasteiger partial charge in [0.2, 0.25) is 0 Å². The molecular weight excluding hydrogens is 220 g/mol. The molecule has 0 aliphatic carbocycles. The standard InChI is InChI=1S/C16H24N2/c1-2-3-4-5-6-7-11-18-14-16-10-8-9-15(12-16)13-17/h8-10,12,18H,2-7,11,14H2,1H3. The fourth-order valence-electron chi connectivity index (χ4n) is 2.01. The molecule has 0 aliphatic rings. The molecule has 1 aromatic rings. The van der Waals surface area contributed by atoms with Gasteiger partial charge in [-0.3, -0.25) is 0 Å². The van der Waals surface area contributed by atoms with Crippen molar-refractivity contribution in [3.05, 3.63) is 35.4 Å². The molecule has 1 N–H and O–H groups in total. The first kappa shape index (κ1) is 14.7. The average molecular weight is 244 g/mol. The molecule has 0 amide bonds. The minimum absolute atomic E-state index is 0.744. The summed E-state index contributed by atoms with van der Waals surface area (Å²) in [6.45, 7) is 4.18. The Morgan fingerprint density at radius 2 is 1.89 bits per heavy atom. The summed E-state index contributed by atoms with van der Waals surface area (Å²) >= 11 is 0. The van der Waals surface area contributed by atoms with Gasteiger partial charge in [0.1, 0.15) is 0 Å². The lowest BCUT2D eigenvalue weighted by Crippen LogP contribution is -2.14. The van der Waals surface area contributed by atoms with Crippen molar-refractivity contribution in [2.75, 3.05) is 6.54 Å². The summed E-state index contributed by atoms with van der Waals surface area (Å²) in [5.74, 6) is 0. The molecule has 0 bridgehead atoms. The first-order chi connectivity index (χ1) is 8.86. The number of unbranched alkanes of at least 4 members (excludes halogenated alkanes) is 5. The van der Waals surface area contributed by atoms with E-state index in [1.807, 2.05) is 18.2 Å². The third-order valence-electron chi connectivity index (χ3n) is 3.09. The van der Waals surface area contributed by atoms with E-state index in [0.29, 0.717) is 0 Å². The Morgan fingerprint density at radius 1 is 1.11 bits per heavy atom. The summed E-state index contributed by atoms with van der Waals surface area (Å²) in [5, 5.41) is 12.2. The van der Waals surface area contributed by atoms with Gasteiger partial charge in [-0.15, -0.1) is 0 Å². The Hall–Kier alpha value is -1.33. The van der Waals surface area contributed by atoms with E-state index in [1.54, 1.807) is 0 Å². The quantitative estimate of drug-likeness (QED) is 0.666. The van der Waals surface area contributed by atoms with Crippen molar-refractivity contribution in [2.24, 2.45) is 0 Å². The summed E-state index contributed by atoms with van der Waals surface area (Å²) in [6.07, 6.45) is 7.99. The Kier molecular flexibility index (Phi) is 7.92. The molecule has 0 saturated carbocycles. The number of rotatable bonds is 9. The lowest BCUT2D eigenvalue weighted by Gasteiger charge is -2.05. The molecular formula is C16H24N2. The Balaban J connectivity index is 2.05. The van der Waals surface area contributed by atoms with E-state index in [4.69, 9.17) is 5.26 Å². The van der Waals surface area contributed by atoms with Crippen LogP contribution in [0, 0.1) is 11.3 Å². The van der Waals surface area contributed by atoms with Crippen molar-refractivity contribution in [1.82, 2.24) is 5.32 Å². The Bertz CT molecular complexity index is 366. The van der Waals surface area contributed by atoms with Gasteiger partial charge in [-0.05, 0) is 30.7 Å². The SMILES string of the molecule is CCCCCCCCNCc1cccc(C#N)c1. The van der Waals surface area contributed by atoms with Crippen LogP contribution in [-0.4, -0.2) is 6.54 Å². The van der Waals surface area contributed by atoms with Crippen LogP contribution in [0.2, 0.25) is 0 Å². The van der Waals surface area contributed by atoms with E-state index in [1.165, 1.54) is 44.1 Å². The van der Waals surface area contributed by atoms with Gasteiger partial charge in [0.15, 0.2) is 0 Å². The first-order valence-corrected chi connectivity index (χ1v) is 7.06.